The number of esters is 4. The van der Waals surface area contributed by atoms with Crippen LogP contribution in [-0.4, -0.2) is 93.6 Å². The molecule has 3 saturated heterocycles. The van der Waals surface area contributed by atoms with E-state index in [1.165, 1.54) is 11.6 Å². The molecule has 276 valence electrons. The van der Waals surface area contributed by atoms with Crippen molar-refractivity contribution < 1.29 is 57.1 Å². The fourth-order valence-electron chi connectivity index (χ4n) is 6.87. The molecule has 1 amide bonds. The van der Waals surface area contributed by atoms with Crippen molar-refractivity contribution >= 4 is 47.1 Å². The van der Waals surface area contributed by atoms with Crippen molar-refractivity contribution in [2.24, 2.45) is 5.92 Å². The van der Waals surface area contributed by atoms with Crippen LogP contribution in [0.15, 0.2) is 66.9 Å². The van der Waals surface area contributed by atoms with E-state index in [1.807, 2.05) is 60.7 Å². The summed E-state index contributed by atoms with van der Waals surface area (Å²) in [5.74, 6) is -3.75. The largest absolute Gasteiger partial charge is 0.463 e. The van der Waals surface area contributed by atoms with Gasteiger partial charge >= 0.3 is 23.9 Å². The predicted molar refractivity (Wildman–Crippen MR) is 177 cm³/mol. The maximum atomic E-state index is 13.9. The Morgan fingerprint density at radius 2 is 1.48 bits per heavy atom. The summed E-state index contributed by atoms with van der Waals surface area (Å²) in [6.07, 6.45) is -5.09. The van der Waals surface area contributed by atoms with Crippen molar-refractivity contribution in [2.45, 2.75) is 82.2 Å². The molecular weight excluding hydrogens is 704 g/mol. The molecule has 0 spiro atoms. The molecule has 0 saturated carbocycles. The van der Waals surface area contributed by atoms with Gasteiger partial charge in [0.2, 0.25) is 5.72 Å². The molecule has 3 aliphatic heterocycles. The van der Waals surface area contributed by atoms with E-state index in [-0.39, 0.29) is 25.7 Å². The number of ether oxygens (including phenoxy) is 7. The highest BCUT2D eigenvalue weighted by Gasteiger charge is 2.79. The monoisotopic (exact) mass is 740 g/mol. The van der Waals surface area contributed by atoms with Crippen LogP contribution in [0.3, 0.4) is 0 Å². The highest BCUT2D eigenvalue weighted by Crippen LogP contribution is 2.63. The van der Waals surface area contributed by atoms with E-state index in [2.05, 4.69) is 10.3 Å². The Morgan fingerprint density at radius 1 is 0.865 bits per heavy atom. The van der Waals surface area contributed by atoms with Gasteiger partial charge < -0.3 is 33.2 Å². The van der Waals surface area contributed by atoms with Crippen molar-refractivity contribution in [3.05, 3.63) is 78.1 Å². The maximum absolute atomic E-state index is 13.9. The molecule has 1 aromatic heterocycles. The number of carbonyl (C=O) groups is 5. The first-order chi connectivity index (χ1) is 24.8. The minimum absolute atomic E-state index is 0.143. The van der Waals surface area contributed by atoms with Crippen molar-refractivity contribution in [3.8, 4) is 0 Å². The summed E-state index contributed by atoms with van der Waals surface area (Å²) in [4.78, 5) is 62.0. The first-order valence-corrected chi connectivity index (χ1v) is 16.8. The molecule has 3 fully saturated rings. The first kappa shape index (κ1) is 36.9. The van der Waals surface area contributed by atoms with Crippen LogP contribution in [0.2, 0.25) is 0 Å². The van der Waals surface area contributed by atoms with Crippen molar-refractivity contribution in [1.82, 2.24) is 15.0 Å². The standard InChI is InChI=1S/C35H37ClN4O12/c1-20(41)46-19-28-29(49-21(2)42)30(50-22(3)43)31(51-23(4)44)32(52-28)47-18-26-16-39(38-37-26)15-25-17-48-35(24-11-7-5-8-12-24)34(25,36)33(45)40(35)27-13-9-6-10-14-27/h5-14,16,25,28-32H,15,17-19H2,1-4H3/t25-,28+,29+,30-,31+,32+,34-,35+/m0/s1. The van der Waals surface area contributed by atoms with Crippen LogP contribution < -0.4 is 4.90 Å². The highest BCUT2D eigenvalue weighted by molar-refractivity contribution is 6.42. The molecule has 0 N–H and O–H groups in total. The summed E-state index contributed by atoms with van der Waals surface area (Å²) in [6, 6.07) is 18.5. The van der Waals surface area contributed by atoms with Crippen LogP contribution in [0.1, 0.15) is 39.0 Å². The van der Waals surface area contributed by atoms with Crippen LogP contribution in [-0.2, 0) is 76.0 Å². The molecule has 2 aromatic carbocycles. The molecule has 52 heavy (non-hydrogen) atoms. The number of nitrogens with zero attached hydrogens (tertiary/aromatic N) is 4. The number of hydrogen-bond acceptors (Lipinski definition) is 14. The lowest BCUT2D eigenvalue weighted by Crippen LogP contribution is -2.78. The minimum Gasteiger partial charge on any atom is -0.463 e. The fourth-order valence-corrected chi connectivity index (χ4v) is 7.33. The lowest BCUT2D eigenvalue weighted by atomic mass is 9.72. The van der Waals surface area contributed by atoms with Crippen LogP contribution in [0.4, 0.5) is 5.69 Å². The van der Waals surface area contributed by atoms with E-state index >= 15 is 0 Å². The van der Waals surface area contributed by atoms with Gasteiger partial charge in [-0.05, 0) is 12.1 Å². The number of carbonyl (C=O) groups excluding carboxylic acids is 5. The summed E-state index contributed by atoms with van der Waals surface area (Å²) < 4.78 is 41.4. The number of alkyl halides is 1. The molecule has 6 rings (SSSR count). The third-order valence-electron chi connectivity index (χ3n) is 8.90. The first-order valence-electron chi connectivity index (χ1n) is 16.4. The number of hydrogen-bond donors (Lipinski definition) is 0. The summed E-state index contributed by atoms with van der Waals surface area (Å²) in [7, 11) is 0. The van der Waals surface area contributed by atoms with E-state index in [0.29, 0.717) is 11.4 Å². The Balaban J connectivity index is 1.21. The Kier molecular flexibility index (Phi) is 10.6. The molecule has 4 heterocycles. The third-order valence-corrected chi connectivity index (χ3v) is 9.62. The topological polar surface area (TPSA) is 184 Å². The second kappa shape index (κ2) is 15.0. The molecule has 0 radical (unpaired) electrons. The van der Waals surface area contributed by atoms with Gasteiger partial charge in [-0.15, -0.1) is 16.7 Å². The smallest absolute Gasteiger partial charge is 0.303 e. The summed E-state index contributed by atoms with van der Waals surface area (Å²) in [5.41, 5.74) is 0.431. The average molecular weight is 741 g/mol. The number of β-lactam (4-membered cyclic amide) rings is 1. The quantitative estimate of drug-likeness (QED) is 0.114. The van der Waals surface area contributed by atoms with Gasteiger partial charge in [0.25, 0.3) is 5.91 Å². The Bertz CT molecular complexity index is 1810. The normalized spacial score (nSPS) is 29.4. The summed E-state index contributed by atoms with van der Waals surface area (Å²) in [5, 5.41) is 8.42. The van der Waals surface area contributed by atoms with Gasteiger partial charge in [0, 0.05) is 44.9 Å². The minimum atomic E-state index is -1.46. The molecule has 3 aromatic rings. The molecule has 0 unspecified atom stereocenters. The lowest BCUT2D eigenvalue weighted by molar-refractivity contribution is -0.310. The number of rotatable bonds is 12. The number of para-hydroxylation sites is 1. The average Bonchev–Trinajstić information content (AvgIpc) is 3.66. The number of benzene rings is 2. The summed E-state index contributed by atoms with van der Waals surface area (Å²) >= 11 is 7.33. The number of anilines is 1. The van der Waals surface area contributed by atoms with E-state index in [0.717, 1.165) is 26.3 Å². The van der Waals surface area contributed by atoms with Gasteiger partial charge in [0.15, 0.2) is 29.5 Å². The zero-order valence-electron chi connectivity index (χ0n) is 28.7. The molecule has 0 aliphatic carbocycles. The van der Waals surface area contributed by atoms with Gasteiger partial charge in [0.1, 0.15) is 18.4 Å². The number of halogens is 1. The van der Waals surface area contributed by atoms with Gasteiger partial charge in [0.05, 0.1) is 26.0 Å². The van der Waals surface area contributed by atoms with Gasteiger partial charge in [-0.3, -0.25) is 33.6 Å². The molecule has 0 bridgehead atoms. The molecular formula is C35H37ClN4O12. The Morgan fingerprint density at radius 3 is 2.12 bits per heavy atom. The van der Waals surface area contributed by atoms with Gasteiger partial charge in [-0.25, -0.2) is 0 Å². The fraction of sp³-hybridized carbons (Fsp3) is 0.457. The van der Waals surface area contributed by atoms with Crippen LogP contribution in [0.25, 0.3) is 0 Å². The molecule has 16 nitrogen and oxygen atoms in total. The van der Waals surface area contributed by atoms with E-state index in [4.69, 9.17) is 44.8 Å². The second-order valence-corrected chi connectivity index (χ2v) is 13.1. The van der Waals surface area contributed by atoms with Crippen LogP contribution in [0, 0.1) is 5.92 Å². The third kappa shape index (κ3) is 6.86. The number of aromatic nitrogens is 3. The highest BCUT2D eigenvalue weighted by atomic mass is 35.5. The molecule has 17 heteroatoms. The predicted octanol–water partition coefficient (Wildman–Crippen LogP) is 2.40. The Labute approximate surface area is 303 Å². The Hall–Kier alpha value is -4.90. The van der Waals surface area contributed by atoms with Crippen molar-refractivity contribution in [3.63, 3.8) is 0 Å². The SMILES string of the molecule is CC(=O)OC[C@H]1O[C@@H](OCc2cn(C[C@H]3CO[C@@]4(c5ccccc5)N(c5ccccc5)C(=O)[C@@]34Cl)nn2)[C@H](OC(C)=O)[C@@H](OC(C)=O)[C@@H]1OC(C)=O. The maximum Gasteiger partial charge on any atom is 0.303 e. The number of fused-ring (bicyclic) bond motifs is 1. The van der Waals surface area contributed by atoms with E-state index in [1.54, 1.807) is 11.1 Å². The van der Waals surface area contributed by atoms with Crippen LogP contribution in [0.5, 0.6) is 0 Å². The van der Waals surface area contributed by atoms with Gasteiger partial charge in [-0.2, -0.15) is 0 Å². The lowest BCUT2D eigenvalue weighted by Gasteiger charge is -2.58. The van der Waals surface area contributed by atoms with Gasteiger partial charge in [-0.1, -0.05) is 53.7 Å². The van der Waals surface area contributed by atoms with Crippen LogP contribution >= 0.6 is 11.6 Å². The summed E-state index contributed by atoms with van der Waals surface area (Å²) in [6.45, 7) is 4.24. The number of amides is 1. The zero-order chi connectivity index (χ0) is 37.2. The molecule has 8 atom stereocenters. The zero-order valence-corrected chi connectivity index (χ0v) is 29.5. The van der Waals surface area contributed by atoms with Crippen molar-refractivity contribution in [1.29, 1.82) is 0 Å². The molecule has 3 aliphatic rings. The van der Waals surface area contributed by atoms with E-state index < -0.39 is 77.7 Å². The van der Waals surface area contributed by atoms with Crippen molar-refractivity contribution in [2.75, 3.05) is 18.1 Å². The van der Waals surface area contributed by atoms with E-state index in [9.17, 15) is 24.0 Å². The second-order valence-electron chi connectivity index (χ2n) is 12.5.